The van der Waals surface area contributed by atoms with E-state index in [0.29, 0.717) is 0 Å². The molecule has 0 aromatic heterocycles. The van der Waals surface area contributed by atoms with Gasteiger partial charge in [-0.25, -0.2) is 14.2 Å². The molecule has 2 aromatic carbocycles. The molecule has 0 spiro atoms. The van der Waals surface area contributed by atoms with Crippen molar-refractivity contribution in [1.82, 2.24) is 0 Å². The number of aliphatic imine (C=N–C) groups is 1. The average molecular weight is 381 g/mol. The Hall–Kier alpha value is -2.77. The fourth-order valence-electron chi connectivity index (χ4n) is 2.10. The van der Waals surface area contributed by atoms with Crippen LogP contribution in [0.2, 0.25) is 10.0 Å². The van der Waals surface area contributed by atoms with Crippen LogP contribution in [0.15, 0.2) is 47.1 Å². The van der Waals surface area contributed by atoms with Gasteiger partial charge in [0.2, 0.25) is 5.90 Å². The van der Waals surface area contributed by atoms with Gasteiger partial charge in [-0.3, -0.25) is 10.1 Å². The maximum Gasteiger partial charge on any atom is 0.363 e. The van der Waals surface area contributed by atoms with Gasteiger partial charge in [0.05, 0.1) is 20.5 Å². The number of nitrogens with zero attached hydrogens (tertiary/aromatic N) is 2. The summed E-state index contributed by atoms with van der Waals surface area (Å²) in [5.41, 5.74) is -0.393. The second kappa shape index (κ2) is 6.62. The third-order valence-electron chi connectivity index (χ3n) is 3.29. The Morgan fingerprint density at radius 3 is 2.64 bits per heavy atom. The van der Waals surface area contributed by atoms with Crippen molar-refractivity contribution in [3.63, 3.8) is 0 Å². The summed E-state index contributed by atoms with van der Waals surface area (Å²) in [6.45, 7) is 0. The van der Waals surface area contributed by atoms with Gasteiger partial charge >= 0.3 is 5.97 Å². The number of rotatable bonds is 3. The van der Waals surface area contributed by atoms with Crippen LogP contribution in [-0.4, -0.2) is 16.8 Å². The summed E-state index contributed by atoms with van der Waals surface area (Å²) >= 11 is 11.9. The zero-order chi connectivity index (χ0) is 18.1. The molecule has 2 aromatic rings. The van der Waals surface area contributed by atoms with Crippen molar-refractivity contribution in [2.45, 2.75) is 0 Å². The van der Waals surface area contributed by atoms with Crippen LogP contribution < -0.4 is 0 Å². The summed E-state index contributed by atoms with van der Waals surface area (Å²) in [5, 5.41) is 11.1. The van der Waals surface area contributed by atoms with Gasteiger partial charge in [0.15, 0.2) is 5.70 Å². The van der Waals surface area contributed by atoms with Crippen molar-refractivity contribution in [1.29, 1.82) is 0 Å². The van der Waals surface area contributed by atoms with Crippen LogP contribution in [0.4, 0.5) is 10.1 Å². The first-order valence-electron chi connectivity index (χ1n) is 6.77. The highest BCUT2D eigenvalue weighted by atomic mass is 35.5. The van der Waals surface area contributed by atoms with Crippen molar-refractivity contribution in [2.75, 3.05) is 0 Å². The number of carbonyl (C=O) groups is 1. The molecule has 9 heteroatoms. The van der Waals surface area contributed by atoms with Gasteiger partial charge < -0.3 is 4.74 Å². The Morgan fingerprint density at radius 1 is 1.20 bits per heavy atom. The third-order valence-corrected chi connectivity index (χ3v) is 3.95. The fourth-order valence-corrected chi connectivity index (χ4v) is 2.52. The summed E-state index contributed by atoms with van der Waals surface area (Å²) in [7, 11) is 0. The zero-order valence-corrected chi connectivity index (χ0v) is 13.7. The lowest BCUT2D eigenvalue weighted by Crippen LogP contribution is -2.06. The Balaban J connectivity index is 2.06. The Bertz CT molecular complexity index is 952. The van der Waals surface area contributed by atoms with Gasteiger partial charge in [-0.15, -0.1) is 0 Å². The lowest BCUT2D eigenvalue weighted by atomic mass is 10.2. The fraction of sp³-hybridized carbons (Fsp3) is 0. The van der Waals surface area contributed by atoms with Gasteiger partial charge in [-0.2, -0.15) is 0 Å². The number of non-ortho nitro benzene ring substituents is 1. The number of hydrogen-bond acceptors (Lipinski definition) is 5. The zero-order valence-electron chi connectivity index (χ0n) is 12.2. The van der Waals surface area contributed by atoms with Crippen LogP contribution in [0.3, 0.4) is 0 Å². The Kier molecular flexibility index (Phi) is 4.52. The second-order valence-corrected chi connectivity index (χ2v) is 5.71. The molecule has 0 bridgehead atoms. The molecule has 0 N–H and O–H groups in total. The maximum absolute atomic E-state index is 13.8. The minimum atomic E-state index is -0.850. The van der Waals surface area contributed by atoms with E-state index < -0.39 is 16.7 Å². The number of nitro groups is 1. The summed E-state index contributed by atoms with van der Waals surface area (Å²) in [5.74, 6) is -1.70. The molecule has 1 heterocycles. The van der Waals surface area contributed by atoms with Crippen LogP contribution in [0, 0.1) is 15.9 Å². The van der Waals surface area contributed by atoms with E-state index in [-0.39, 0.29) is 38.5 Å². The predicted molar refractivity (Wildman–Crippen MR) is 90.1 cm³/mol. The molecule has 0 saturated carbocycles. The second-order valence-electron chi connectivity index (χ2n) is 4.89. The number of benzene rings is 2. The number of carbonyl (C=O) groups excluding carboxylic acids is 1. The largest absolute Gasteiger partial charge is 0.402 e. The third kappa shape index (κ3) is 3.38. The smallest absolute Gasteiger partial charge is 0.363 e. The molecule has 0 saturated heterocycles. The molecule has 1 aliphatic heterocycles. The molecular weight excluding hydrogens is 374 g/mol. The van der Waals surface area contributed by atoms with E-state index in [1.165, 1.54) is 30.3 Å². The number of esters is 1. The van der Waals surface area contributed by atoms with Gasteiger partial charge in [-0.05, 0) is 24.3 Å². The molecule has 0 atom stereocenters. The SMILES string of the molecule is O=C1OC(c2cc([N+](=O)[O-])ccc2Cl)=N/C1=C\c1c(F)cccc1Cl. The predicted octanol–water partition coefficient (Wildman–Crippen LogP) is 4.39. The minimum Gasteiger partial charge on any atom is -0.402 e. The molecule has 0 unspecified atom stereocenters. The highest BCUT2D eigenvalue weighted by Gasteiger charge is 2.27. The first-order chi connectivity index (χ1) is 11.9. The van der Waals surface area contributed by atoms with Crippen molar-refractivity contribution in [2.24, 2.45) is 4.99 Å². The molecule has 6 nitrogen and oxygen atoms in total. The van der Waals surface area contributed by atoms with E-state index in [2.05, 4.69) is 4.99 Å². The van der Waals surface area contributed by atoms with Crippen molar-refractivity contribution in [3.05, 3.63) is 79.2 Å². The lowest BCUT2D eigenvalue weighted by Gasteiger charge is -2.02. The number of cyclic esters (lactones) is 1. The van der Waals surface area contributed by atoms with E-state index in [4.69, 9.17) is 27.9 Å². The van der Waals surface area contributed by atoms with E-state index in [0.717, 1.165) is 12.1 Å². The van der Waals surface area contributed by atoms with Crippen molar-refractivity contribution < 1.29 is 18.8 Å². The number of hydrogen-bond donors (Lipinski definition) is 0. The molecule has 1 aliphatic rings. The summed E-state index contributed by atoms with van der Waals surface area (Å²) in [6, 6.07) is 7.69. The summed E-state index contributed by atoms with van der Waals surface area (Å²) in [6.07, 6.45) is 1.14. The first-order valence-corrected chi connectivity index (χ1v) is 7.53. The van der Waals surface area contributed by atoms with Crippen LogP contribution in [0.5, 0.6) is 0 Å². The highest BCUT2D eigenvalue weighted by Crippen LogP contribution is 2.28. The minimum absolute atomic E-state index is 0.0220. The molecule has 3 rings (SSSR count). The normalized spacial score (nSPS) is 15.2. The van der Waals surface area contributed by atoms with E-state index >= 15 is 0 Å². The summed E-state index contributed by atoms with van der Waals surface area (Å²) < 4.78 is 18.8. The van der Waals surface area contributed by atoms with Crippen LogP contribution in [-0.2, 0) is 9.53 Å². The van der Waals surface area contributed by atoms with Crippen molar-refractivity contribution >= 4 is 46.8 Å². The average Bonchev–Trinajstić information content (AvgIpc) is 2.92. The quantitative estimate of drug-likeness (QED) is 0.342. The van der Waals surface area contributed by atoms with Crippen LogP contribution in [0.25, 0.3) is 6.08 Å². The van der Waals surface area contributed by atoms with E-state index in [9.17, 15) is 19.3 Å². The molecule has 0 amide bonds. The van der Waals surface area contributed by atoms with E-state index in [1.54, 1.807) is 0 Å². The van der Waals surface area contributed by atoms with E-state index in [1.807, 2.05) is 0 Å². The molecule has 126 valence electrons. The molecule has 25 heavy (non-hydrogen) atoms. The van der Waals surface area contributed by atoms with Gasteiger partial charge in [-0.1, -0.05) is 29.3 Å². The standard InChI is InChI=1S/C16H7Cl2FN2O4/c17-11-2-1-3-13(19)9(11)7-14-16(22)25-15(20-14)10-6-8(21(23)24)4-5-12(10)18/h1-7H/b14-7-. The lowest BCUT2D eigenvalue weighted by molar-refractivity contribution is -0.384. The molecule has 0 fully saturated rings. The van der Waals surface area contributed by atoms with Gasteiger partial charge in [0, 0.05) is 17.7 Å². The topological polar surface area (TPSA) is 81.8 Å². The maximum atomic E-state index is 13.8. The number of nitro benzene ring substituents is 1. The number of halogens is 3. The number of ether oxygens (including phenoxy) is 1. The van der Waals surface area contributed by atoms with Crippen LogP contribution in [0.1, 0.15) is 11.1 Å². The Morgan fingerprint density at radius 2 is 1.96 bits per heavy atom. The summed E-state index contributed by atoms with van der Waals surface area (Å²) in [4.78, 5) is 26.2. The molecule has 0 radical (unpaired) electrons. The van der Waals surface area contributed by atoms with Gasteiger partial charge in [0.25, 0.3) is 5.69 Å². The molecular formula is C16H7Cl2FN2O4. The molecule has 0 aliphatic carbocycles. The van der Waals surface area contributed by atoms with Crippen molar-refractivity contribution in [3.8, 4) is 0 Å². The Labute approximate surface area is 150 Å². The first kappa shape index (κ1) is 17.1. The monoisotopic (exact) mass is 380 g/mol. The van der Waals surface area contributed by atoms with Gasteiger partial charge in [0.1, 0.15) is 5.82 Å². The highest BCUT2D eigenvalue weighted by molar-refractivity contribution is 6.35. The van der Waals surface area contributed by atoms with Crippen LogP contribution >= 0.6 is 23.2 Å².